The Hall–Kier alpha value is -2.24. The third kappa shape index (κ3) is 2.21. The van der Waals surface area contributed by atoms with Gasteiger partial charge in [-0.25, -0.2) is 4.39 Å². The predicted molar refractivity (Wildman–Crippen MR) is 66.0 cm³/mol. The molecule has 98 valence electrons. The summed E-state index contributed by atoms with van der Waals surface area (Å²) in [6.45, 7) is 1.11. The van der Waals surface area contributed by atoms with E-state index in [1.165, 1.54) is 12.1 Å². The minimum Gasteiger partial charge on any atom is -0.336 e. The van der Waals surface area contributed by atoms with Crippen LogP contribution >= 0.6 is 0 Å². The van der Waals surface area contributed by atoms with E-state index in [0.29, 0.717) is 13.1 Å². The molecule has 6 heteroatoms. The largest absolute Gasteiger partial charge is 0.336 e. The zero-order valence-corrected chi connectivity index (χ0v) is 10.2. The van der Waals surface area contributed by atoms with E-state index in [1.807, 2.05) is 0 Å². The SMILES string of the molecule is O=C(c1ccccc1F)N1CCC(n2nccn2)C1. The van der Waals surface area contributed by atoms with Crippen LogP contribution < -0.4 is 0 Å². The Morgan fingerprint density at radius 3 is 2.74 bits per heavy atom. The van der Waals surface area contributed by atoms with Crippen LogP contribution in [-0.4, -0.2) is 38.9 Å². The van der Waals surface area contributed by atoms with Gasteiger partial charge in [0.05, 0.1) is 24.0 Å². The van der Waals surface area contributed by atoms with Crippen LogP contribution in [0.15, 0.2) is 36.7 Å². The van der Waals surface area contributed by atoms with Gasteiger partial charge in [0.15, 0.2) is 0 Å². The first-order valence-corrected chi connectivity index (χ1v) is 6.15. The summed E-state index contributed by atoms with van der Waals surface area (Å²) in [6, 6.07) is 6.13. The van der Waals surface area contributed by atoms with Crippen LogP contribution in [0.3, 0.4) is 0 Å². The highest BCUT2D eigenvalue weighted by Gasteiger charge is 2.29. The molecule has 1 aromatic heterocycles. The molecule has 3 rings (SSSR count). The fourth-order valence-corrected chi connectivity index (χ4v) is 2.33. The van der Waals surface area contributed by atoms with Gasteiger partial charge in [-0.1, -0.05) is 12.1 Å². The van der Waals surface area contributed by atoms with Crippen LogP contribution in [0.1, 0.15) is 22.8 Å². The number of halogens is 1. The summed E-state index contributed by atoms with van der Waals surface area (Å²) in [6.07, 6.45) is 4.01. The van der Waals surface area contributed by atoms with Crippen molar-refractivity contribution >= 4 is 5.91 Å². The second-order valence-corrected chi connectivity index (χ2v) is 4.52. The van der Waals surface area contributed by atoms with E-state index in [0.717, 1.165) is 6.42 Å². The van der Waals surface area contributed by atoms with Gasteiger partial charge in [0, 0.05) is 13.1 Å². The van der Waals surface area contributed by atoms with Crippen molar-refractivity contribution < 1.29 is 9.18 Å². The molecule has 0 saturated carbocycles. The molecule has 2 aromatic rings. The number of carbonyl (C=O) groups is 1. The quantitative estimate of drug-likeness (QED) is 0.822. The molecule has 1 aliphatic heterocycles. The number of nitrogens with zero attached hydrogens (tertiary/aromatic N) is 4. The van der Waals surface area contributed by atoms with Crippen molar-refractivity contribution in [2.45, 2.75) is 12.5 Å². The minimum atomic E-state index is -0.479. The summed E-state index contributed by atoms with van der Waals surface area (Å²) >= 11 is 0. The molecule has 0 radical (unpaired) electrons. The molecule has 5 nitrogen and oxygen atoms in total. The lowest BCUT2D eigenvalue weighted by Crippen LogP contribution is -2.30. The average molecular weight is 260 g/mol. The molecule has 19 heavy (non-hydrogen) atoms. The Morgan fingerprint density at radius 2 is 2.00 bits per heavy atom. The van der Waals surface area contributed by atoms with Crippen molar-refractivity contribution in [3.63, 3.8) is 0 Å². The maximum Gasteiger partial charge on any atom is 0.256 e. The Labute approximate surface area is 109 Å². The molecular formula is C13H13FN4O. The zero-order valence-electron chi connectivity index (χ0n) is 10.2. The van der Waals surface area contributed by atoms with E-state index in [4.69, 9.17) is 0 Å². The number of likely N-dealkylation sites (tertiary alicyclic amines) is 1. The Kier molecular flexibility index (Phi) is 2.98. The van der Waals surface area contributed by atoms with Gasteiger partial charge in [-0.15, -0.1) is 0 Å². The summed E-state index contributed by atoms with van der Waals surface area (Å²) in [7, 11) is 0. The second kappa shape index (κ2) is 4.79. The van der Waals surface area contributed by atoms with Gasteiger partial charge in [-0.05, 0) is 18.6 Å². The van der Waals surface area contributed by atoms with Crippen molar-refractivity contribution in [1.82, 2.24) is 19.9 Å². The zero-order chi connectivity index (χ0) is 13.2. The fourth-order valence-electron chi connectivity index (χ4n) is 2.33. The van der Waals surface area contributed by atoms with E-state index < -0.39 is 5.82 Å². The van der Waals surface area contributed by atoms with Crippen LogP contribution in [0.4, 0.5) is 4.39 Å². The molecule has 1 amide bonds. The Balaban J connectivity index is 1.75. The van der Waals surface area contributed by atoms with Crippen molar-refractivity contribution in [3.8, 4) is 0 Å². The highest BCUT2D eigenvalue weighted by atomic mass is 19.1. The van der Waals surface area contributed by atoms with Crippen molar-refractivity contribution in [1.29, 1.82) is 0 Å². The van der Waals surface area contributed by atoms with Gasteiger partial charge >= 0.3 is 0 Å². The highest BCUT2D eigenvalue weighted by molar-refractivity contribution is 5.94. The molecule has 2 heterocycles. The van der Waals surface area contributed by atoms with Crippen LogP contribution in [0.2, 0.25) is 0 Å². The number of rotatable bonds is 2. The van der Waals surface area contributed by atoms with Gasteiger partial charge in [-0.3, -0.25) is 4.79 Å². The maximum absolute atomic E-state index is 13.6. The lowest BCUT2D eigenvalue weighted by molar-refractivity contribution is 0.0781. The molecule has 1 aliphatic rings. The Bertz CT molecular complexity index is 584. The molecular weight excluding hydrogens is 247 g/mol. The first-order valence-electron chi connectivity index (χ1n) is 6.15. The molecule has 1 atom stereocenters. The first-order chi connectivity index (χ1) is 9.25. The topological polar surface area (TPSA) is 51.0 Å². The average Bonchev–Trinajstić information content (AvgIpc) is 3.09. The van der Waals surface area contributed by atoms with Gasteiger partial charge in [0.1, 0.15) is 5.82 Å². The lowest BCUT2D eigenvalue weighted by atomic mass is 10.2. The van der Waals surface area contributed by atoms with E-state index in [2.05, 4.69) is 10.2 Å². The monoisotopic (exact) mass is 260 g/mol. The number of hydrogen-bond donors (Lipinski definition) is 0. The summed E-state index contributed by atoms with van der Waals surface area (Å²) in [4.78, 5) is 15.5. The minimum absolute atomic E-state index is 0.0747. The number of benzene rings is 1. The smallest absolute Gasteiger partial charge is 0.256 e. The van der Waals surface area contributed by atoms with E-state index >= 15 is 0 Å². The normalized spacial score (nSPS) is 18.8. The molecule has 1 unspecified atom stereocenters. The second-order valence-electron chi connectivity index (χ2n) is 4.52. The third-order valence-electron chi connectivity index (χ3n) is 3.32. The standard InChI is InChI=1S/C13H13FN4O/c14-12-4-2-1-3-11(12)13(19)17-8-5-10(9-17)18-15-6-7-16-18/h1-4,6-7,10H,5,8-9H2. The van der Waals surface area contributed by atoms with E-state index in [9.17, 15) is 9.18 Å². The molecule has 1 saturated heterocycles. The number of amides is 1. The number of carbonyl (C=O) groups excluding carboxylic acids is 1. The van der Waals surface area contributed by atoms with Crippen molar-refractivity contribution in [2.24, 2.45) is 0 Å². The van der Waals surface area contributed by atoms with Crippen molar-refractivity contribution in [2.75, 3.05) is 13.1 Å². The van der Waals surface area contributed by atoms with Gasteiger partial charge < -0.3 is 4.90 Å². The van der Waals surface area contributed by atoms with Gasteiger partial charge in [0.25, 0.3) is 5.91 Å². The van der Waals surface area contributed by atoms with E-state index in [-0.39, 0.29) is 17.5 Å². The maximum atomic E-state index is 13.6. The molecule has 1 aromatic carbocycles. The summed E-state index contributed by atoms with van der Waals surface area (Å²) < 4.78 is 13.6. The highest BCUT2D eigenvalue weighted by Crippen LogP contribution is 2.22. The Morgan fingerprint density at radius 1 is 1.26 bits per heavy atom. The van der Waals surface area contributed by atoms with Crippen LogP contribution in [0.25, 0.3) is 0 Å². The molecule has 0 spiro atoms. The first kappa shape index (κ1) is 11.8. The summed E-state index contributed by atoms with van der Waals surface area (Å²) in [5.74, 6) is -0.749. The summed E-state index contributed by atoms with van der Waals surface area (Å²) in [5, 5.41) is 8.15. The predicted octanol–water partition coefficient (Wildman–Crippen LogP) is 1.50. The molecule has 0 bridgehead atoms. The fraction of sp³-hybridized carbons (Fsp3) is 0.308. The summed E-state index contributed by atoms with van der Waals surface area (Å²) in [5.41, 5.74) is 0.122. The third-order valence-corrected chi connectivity index (χ3v) is 3.32. The molecule has 1 fully saturated rings. The van der Waals surface area contributed by atoms with Gasteiger partial charge in [0.2, 0.25) is 0 Å². The number of hydrogen-bond acceptors (Lipinski definition) is 3. The lowest BCUT2D eigenvalue weighted by Gasteiger charge is -2.16. The number of aromatic nitrogens is 3. The molecule has 0 aliphatic carbocycles. The van der Waals surface area contributed by atoms with Crippen LogP contribution in [0, 0.1) is 5.82 Å². The molecule has 0 N–H and O–H groups in total. The van der Waals surface area contributed by atoms with Crippen LogP contribution in [-0.2, 0) is 0 Å². The van der Waals surface area contributed by atoms with Gasteiger partial charge in [-0.2, -0.15) is 15.0 Å². The van der Waals surface area contributed by atoms with E-state index in [1.54, 1.807) is 34.2 Å². The van der Waals surface area contributed by atoms with Crippen LogP contribution in [0.5, 0.6) is 0 Å². The van der Waals surface area contributed by atoms with Crippen molar-refractivity contribution in [3.05, 3.63) is 48.0 Å².